The molecule has 0 fully saturated rings. The van der Waals surface area contributed by atoms with E-state index in [1.54, 1.807) is 0 Å². The molecule has 0 N–H and O–H groups in total. The van der Waals surface area contributed by atoms with Crippen LogP contribution in [-0.4, -0.2) is 11.8 Å². The molecule has 0 radical (unpaired) electrons. The van der Waals surface area contributed by atoms with Crippen molar-refractivity contribution in [3.63, 3.8) is 0 Å². The first-order valence-electron chi connectivity index (χ1n) is 6.43. The van der Waals surface area contributed by atoms with E-state index in [4.69, 9.17) is 9.47 Å². The molecule has 100 valence electrons. The zero-order chi connectivity index (χ0) is 13.4. The topological polar surface area (TPSA) is 35.5 Å². The highest BCUT2D eigenvalue weighted by Gasteiger charge is 2.23. The number of carbonyl (C=O) groups excluding carboxylic acids is 1. The first-order valence-corrected chi connectivity index (χ1v) is 6.43. The van der Waals surface area contributed by atoms with Crippen molar-refractivity contribution < 1.29 is 14.3 Å². The van der Waals surface area contributed by atoms with Gasteiger partial charge >= 0.3 is 6.16 Å². The van der Waals surface area contributed by atoms with Gasteiger partial charge < -0.3 is 9.47 Å². The highest BCUT2D eigenvalue weighted by molar-refractivity contribution is 5.60. The average molecular weight is 250 g/mol. The summed E-state index contributed by atoms with van der Waals surface area (Å²) in [5.41, 5.74) is 0.505. The molecule has 0 bridgehead atoms. The van der Waals surface area contributed by atoms with E-state index in [-0.39, 0.29) is 6.61 Å². The van der Waals surface area contributed by atoms with Crippen molar-refractivity contribution in [1.82, 2.24) is 0 Å². The quantitative estimate of drug-likeness (QED) is 0.706. The van der Waals surface area contributed by atoms with Gasteiger partial charge in [0.05, 0.1) is 0 Å². The third kappa shape index (κ3) is 5.71. The van der Waals surface area contributed by atoms with Crippen LogP contribution in [0.2, 0.25) is 0 Å². The second-order valence-corrected chi connectivity index (χ2v) is 4.99. The Balaban J connectivity index is 2.33. The smallest absolute Gasteiger partial charge is 0.429 e. The molecule has 18 heavy (non-hydrogen) atoms. The molecule has 0 atom stereocenters. The monoisotopic (exact) mass is 250 g/mol. The number of hydrogen-bond acceptors (Lipinski definition) is 3. The molecule has 1 rings (SSSR count). The van der Waals surface area contributed by atoms with Crippen molar-refractivity contribution in [1.29, 1.82) is 0 Å². The van der Waals surface area contributed by atoms with Gasteiger partial charge in [-0.05, 0) is 32.3 Å². The van der Waals surface area contributed by atoms with Crippen molar-refractivity contribution in [2.24, 2.45) is 0 Å². The lowest BCUT2D eigenvalue weighted by atomic mass is 10.0. The number of ether oxygens (including phenoxy) is 2. The molecular weight excluding hydrogens is 228 g/mol. The lowest BCUT2D eigenvalue weighted by molar-refractivity contribution is -0.0244. The van der Waals surface area contributed by atoms with E-state index >= 15 is 0 Å². The molecule has 0 aromatic heterocycles. The van der Waals surface area contributed by atoms with E-state index in [1.807, 2.05) is 44.2 Å². The minimum atomic E-state index is -0.597. The van der Waals surface area contributed by atoms with Crippen LogP contribution in [0.15, 0.2) is 30.3 Å². The van der Waals surface area contributed by atoms with Crippen LogP contribution in [0.4, 0.5) is 4.79 Å². The van der Waals surface area contributed by atoms with Gasteiger partial charge in [0, 0.05) is 0 Å². The van der Waals surface area contributed by atoms with Crippen molar-refractivity contribution in [3.05, 3.63) is 35.9 Å². The third-order valence-corrected chi connectivity index (χ3v) is 2.69. The van der Waals surface area contributed by atoms with Crippen LogP contribution in [0.25, 0.3) is 0 Å². The second-order valence-electron chi connectivity index (χ2n) is 4.99. The Labute approximate surface area is 109 Å². The van der Waals surface area contributed by atoms with Gasteiger partial charge in [0.2, 0.25) is 0 Å². The minimum absolute atomic E-state index is 0.254. The first kappa shape index (κ1) is 14.6. The standard InChI is InChI=1S/C15H22O3/c1-4-5-11-15(2,3)18-14(16)17-12-13-9-7-6-8-10-13/h6-10H,4-5,11-12H2,1-3H3. The molecule has 0 aliphatic rings. The molecule has 1 aromatic rings. The largest absolute Gasteiger partial charge is 0.509 e. The van der Waals surface area contributed by atoms with Gasteiger partial charge in [-0.3, -0.25) is 0 Å². The highest BCUT2D eigenvalue weighted by Crippen LogP contribution is 2.18. The van der Waals surface area contributed by atoms with Crippen molar-refractivity contribution in [2.75, 3.05) is 0 Å². The lowest BCUT2D eigenvalue weighted by Crippen LogP contribution is -2.28. The van der Waals surface area contributed by atoms with Gasteiger partial charge in [0.15, 0.2) is 0 Å². The van der Waals surface area contributed by atoms with Gasteiger partial charge in [0.1, 0.15) is 12.2 Å². The van der Waals surface area contributed by atoms with Crippen molar-refractivity contribution >= 4 is 6.16 Å². The predicted molar refractivity (Wildman–Crippen MR) is 71.3 cm³/mol. The molecule has 0 amide bonds. The summed E-state index contributed by atoms with van der Waals surface area (Å²) in [7, 11) is 0. The van der Waals surface area contributed by atoms with E-state index in [0.717, 1.165) is 24.8 Å². The Morgan fingerprint density at radius 2 is 1.89 bits per heavy atom. The van der Waals surface area contributed by atoms with E-state index in [1.165, 1.54) is 0 Å². The van der Waals surface area contributed by atoms with E-state index in [0.29, 0.717) is 0 Å². The van der Waals surface area contributed by atoms with Gasteiger partial charge in [-0.1, -0.05) is 43.7 Å². The van der Waals surface area contributed by atoms with Gasteiger partial charge in [-0.15, -0.1) is 0 Å². The summed E-state index contributed by atoms with van der Waals surface area (Å²) in [4.78, 5) is 11.6. The van der Waals surface area contributed by atoms with Crippen LogP contribution in [0, 0.1) is 0 Å². The molecule has 0 aliphatic heterocycles. The maximum atomic E-state index is 11.6. The van der Waals surface area contributed by atoms with Crippen molar-refractivity contribution in [3.8, 4) is 0 Å². The number of rotatable bonds is 6. The van der Waals surface area contributed by atoms with Gasteiger partial charge in [0.25, 0.3) is 0 Å². The summed E-state index contributed by atoms with van der Waals surface area (Å²) < 4.78 is 10.4. The maximum Gasteiger partial charge on any atom is 0.509 e. The molecule has 0 saturated heterocycles. The molecular formula is C15H22O3. The molecule has 1 aromatic carbocycles. The summed E-state index contributed by atoms with van der Waals surface area (Å²) in [5.74, 6) is 0. The van der Waals surface area contributed by atoms with Gasteiger partial charge in [-0.2, -0.15) is 0 Å². The van der Waals surface area contributed by atoms with Gasteiger partial charge in [-0.25, -0.2) is 4.79 Å². The van der Waals surface area contributed by atoms with E-state index < -0.39 is 11.8 Å². The number of carbonyl (C=O) groups is 1. The number of hydrogen-bond donors (Lipinski definition) is 0. The Morgan fingerprint density at radius 3 is 2.50 bits per heavy atom. The Morgan fingerprint density at radius 1 is 1.22 bits per heavy atom. The molecule has 0 spiro atoms. The number of benzene rings is 1. The summed E-state index contributed by atoms with van der Waals surface area (Å²) in [6.45, 7) is 6.19. The molecule has 0 saturated carbocycles. The normalized spacial score (nSPS) is 11.1. The fraction of sp³-hybridized carbons (Fsp3) is 0.533. The molecule has 3 nitrogen and oxygen atoms in total. The molecule has 0 aliphatic carbocycles. The van der Waals surface area contributed by atoms with E-state index in [9.17, 15) is 4.79 Å². The van der Waals surface area contributed by atoms with Crippen LogP contribution in [0.3, 0.4) is 0 Å². The van der Waals surface area contributed by atoms with E-state index in [2.05, 4.69) is 6.92 Å². The van der Waals surface area contributed by atoms with Crippen LogP contribution < -0.4 is 0 Å². The summed E-state index contributed by atoms with van der Waals surface area (Å²) >= 11 is 0. The van der Waals surface area contributed by atoms with Crippen LogP contribution in [-0.2, 0) is 16.1 Å². The Kier molecular flexibility index (Phi) is 5.69. The van der Waals surface area contributed by atoms with Crippen LogP contribution in [0.5, 0.6) is 0 Å². The molecule has 3 heteroatoms. The summed E-state index contributed by atoms with van der Waals surface area (Å²) in [5, 5.41) is 0. The summed E-state index contributed by atoms with van der Waals surface area (Å²) in [6, 6.07) is 9.57. The van der Waals surface area contributed by atoms with Crippen LogP contribution in [0.1, 0.15) is 45.6 Å². The fourth-order valence-electron chi connectivity index (χ4n) is 1.63. The average Bonchev–Trinajstić information content (AvgIpc) is 2.35. The second kappa shape index (κ2) is 7.04. The SMILES string of the molecule is CCCCC(C)(C)OC(=O)OCc1ccccc1. The zero-order valence-electron chi connectivity index (χ0n) is 11.4. The zero-order valence-corrected chi connectivity index (χ0v) is 11.4. The van der Waals surface area contributed by atoms with Crippen molar-refractivity contribution in [2.45, 2.75) is 52.2 Å². The number of unbranched alkanes of at least 4 members (excludes halogenated alkanes) is 1. The fourth-order valence-corrected chi connectivity index (χ4v) is 1.63. The minimum Gasteiger partial charge on any atom is -0.429 e. The third-order valence-electron chi connectivity index (χ3n) is 2.69. The maximum absolute atomic E-state index is 11.6. The highest BCUT2D eigenvalue weighted by atomic mass is 16.7. The molecule has 0 unspecified atom stereocenters. The molecule has 0 heterocycles. The Bertz CT molecular complexity index is 357. The van der Waals surface area contributed by atoms with Crippen LogP contribution >= 0.6 is 0 Å². The Hall–Kier alpha value is -1.51. The summed E-state index contributed by atoms with van der Waals surface area (Å²) in [6.07, 6.45) is 2.38. The predicted octanol–water partition coefficient (Wildman–Crippen LogP) is 4.31. The first-order chi connectivity index (χ1) is 8.53. The lowest BCUT2D eigenvalue weighted by Gasteiger charge is -2.24.